The van der Waals surface area contributed by atoms with E-state index in [0.717, 1.165) is 0 Å². The highest BCUT2D eigenvalue weighted by molar-refractivity contribution is 7.41. The van der Waals surface area contributed by atoms with Crippen molar-refractivity contribution in [3.63, 3.8) is 0 Å². The van der Waals surface area contributed by atoms with Crippen LogP contribution in [0.5, 0.6) is 0 Å². The van der Waals surface area contributed by atoms with Crippen molar-refractivity contribution in [1.82, 2.24) is 5.32 Å². The van der Waals surface area contributed by atoms with Gasteiger partial charge in [0.15, 0.2) is 12.2 Å². The lowest BCUT2D eigenvalue weighted by Crippen LogP contribution is -2.62. The predicted octanol–water partition coefficient (Wildman–Crippen LogP) is 5.51. The number of rotatable bonds is 6. The van der Waals surface area contributed by atoms with Crippen molar-refractivity contribution >= 4 is 29.1 Å². The summed E-state index contributed by atoms with van der Waals surface area (Å²) in [4.78, 5) is 26.9. The molecular weight excluding hydrogens is 488 g/mol. The van der Waals surface area contributed by atoms with Gasteiger partial charge in [-0.3, -0.25) is 5.32 Å². The standard InChI is InChI=1S/C29H35NO4P2/c1-26-15-16-27(2,17-26)21-20(26)28(35-3)22(33-24(31)18-11-7-5-8-12-18)23(29(21,30-28)36-4)34-25(32)19-13-9-6-10-14-19/h5-14,20-23,30,35-36H,15-17H2,1-4H3. The second-order valence-electron chi connectivity index (χ2n) is 11.7. The van der Waals surface area contributed by atoms with Crippen molar-refractivity contribution in [1.29, 1.82) is 0 Å². The number of hydrogen-bond acceptors (Lipinski definition) is 5. The number of fused-ring (bicyclic) bond motifs is 9. The van der Waals surface area contributed by atoms with Crippen LogP contribution in [0.3, 0.4) is 0 Å². The van der Waals surface area contributed by atoms with Crippen LogP contribution in [0.2, 0.25) is 0 Å². The number of esters is 2. The van der Waals surface area contributed by atoms with E-state index in [1.165, 1.54) is 19.3 Å². The van der Waals surface area contributed by atoms with E-state index < -0.39 is 22.8 Å². The minimum Gasteiger partial charge on any atom is -0.452 e. The van der Waals surface area contributed by atoms with Crippen molar-refractivity contribution in [2.45, 2.75) is 55.9 Å². The lowest BCUT2D eigenvalue weighted by atomic mass is 9.60. The molecule has 0 aromatic heterocycles. The van der Waals surface area contributed by atoms with Gasteiger partial charge in [0.25, 0.3) is 0 Å². The third kappa shape index (κ3) is 3.19. The van der Waals surface area contributed by atoms with Gasteiger partial charge in [-0.2, -0.15) is 0 Å². The highest BCUT2D eigenvalue weighted by atomic mass is 31.1. The number of carbonyl (C=O) groups excluding carboxylic acids is 2. The van der Waals surface area contributed by atoms with Crippen LogP contribution in [0.15, 0.2) is 60.7 Å². The van der Waals surface area contributed by atoms with Gasteiger partial charge in [-0.1, -0.05) is 67.4 Å². The van der Waals surface area contributed by atoms with E-state index in [0.29, 0.717) is 40.1 Å². The molecule has 2 aromatic rings. The maximum atomic E-state index is 13.4. The lowest BCUT2D eigenvalue weighted by Gasteiger charge is -2.53. The summed E-state index contributed by atoms with van der Waals surface area (Å²) < 4.78 is 12.9. The smallest absolute Gasteiger partial charge is 0.338 e. The zero-order valence-electron chi connectivity index (χ0n) is 21.3. The molecule has 2 saturated heterocycles. The van der Waals surface area contributed by atoms with Gasteiger partial charge in [-0.15, -0.1) is 0 Å². The average molecular weight is 524 g/mol. The first-order chi connectivity index (χ1) is 17.2. The van der Waals surface area contributed by atoms with Crippen LogP contribution >= 0.6 is 17.2 Å². The fraction of sp³-hybridized carbons (Fsp3) is 0.517. The van der Waals surface area contributed by atoms with Crippen LogP contribution in [0.25, 0.3) is 0 Å². The second-order valence-corrected chi connectivity index (χ2v) is 14.3. The zero-order chi connectivity index (χ0) is 25.3. The minimum atomic E-state index is -0.533. The highest BCUT2D eigenvalue weighted by Crippen LogP contribution is 2.81. The van der Waals surface area contributed by atoms with Crippen molar-refractivity contribution in [3.8, 4) is 0 Å². The first kappa shape index (κ1) is 24.5. The Morgan fingerprint density at radius 1 is 0.750 bits per heavy atom. The fourth-order valence-corrected chi connectivity index (χ4v) is 12.1. The molecule has 5 nitrogen and oxygen atoms in total. The molecule has 4 fully saturated rings. The molecule has 4 aliphatic rings. The second kappa shape index (κ2) is 8.35. The summed E-state index contributed by atoms with van der Waals surface area (Å²) in [5.41, 5.74) is 1.45. The molecule has 4 bridgehead atoms. The maximum Gasteiger partial charge on any atom is 0.338 e. The van der Waals surface area contributed by atoms with E-state index in [-0.39, 0.29) is 22.8 Å². The van der Waals surface area contributed by atoms with Gasteiger partial charge in [0.05, 0.1) is 21.7 Å². The van der Waals surface area contributed by atoms with Gasteiger partial charge in [-0.25, -0.2) is 9.59 Å². The average Bonchev–Trinajstić information content (AvgIpc) is 3.56. The molecule has 7 heteroatoms. The monoisotopic (exact) mass is 523 g/mol. The van der Waals surface area contributed by atoms with E-state index >= 15 is 0 Å². The van der Waals surface area contributed by atoms with Crippen LogP contribution in [-0.4, -0.2) is 48.0 Å². The maximum absolute atomic E-state index is 13.4. The Hall–Kier alpha value is -1.80. The molecule has 2 saturated carbocycles. The van der Waals surface area contributed by atoms with Crippen molar-refractivity contribution in [2.75, 3.05) is 13.3 Å². The van der Waals surface area contributed by atoms with Crippen LogP contribution < -0.4 is 5.32 Å². The first-order valence-corrected chi connectivity index (χ1v) is 15.9. The largest absolute Gasteiger partial charge is 0.452 e. The summed E-state index contributed by atoms with van der Waals surface area (Å²) in [6.07, 6.45) is 2.53. The Morgan fingerprint density at radius 2 is 1.14 bits per heavy atom. The number of carbonyl (C=O) groups is 2. The minimum absolute atomic E-state index is 0.197. The van der Waals surface area contributed by atoms with Gasteiger partial charge in [-0.05, 0) is 79.5 Å². The van der Waals surface area contributed by atoms with E-state index in [2.05, 4.69) is 32.5 Å². The van der Waals surface area contributed by atoms with Crippen LogP contribution in [-0.2, 0) is 9.47 Å². The molecule has 0 amide bonds. The lowest BCUT2D eigenvalue weighted by molar-refractivity contribution is -0.0899. The molecule has 10 unspecified atom stereocenters. The molecule has 190 valence electrons. The number of benzene rings is 2. The molecule has 2 aliphatic heterocycles. The Kier molecular flexibility index (Phi) is 5.69. The van der Waals surface area contributed by atoms with Crippen LogP contribution in [0.1, 0.15) is 53.8 Å². The van der Waals surface area contributed by atoms with Gasteiger partial charge in [0.1, 0.15) is 0 Å². The number of nitrogens with one attached hydrogen (secondary N) is 1. The summed E-state index contributed by atoms with van der Waals surface area (Å²) in [5.74, 6) is 0.0811. The molecule has 0 spiro atoms. The molecule has 0 radical (unpaired) electrons. The molecule has 2 aliphatic carbocycles. The highest BCUT2D eigenvalue weighted by Gasteiger charge is 2.84. The normalized spacial score (nSPS) is 42.4. The Bertz CT molecular complexity index is 1100. The van der Waals surface area contributed by atoms with Crippen molar-refractivity contribution in [2.24, 2.45) is 22.7 Å². The summed E-state index contributed by atoms with van der Waals surface area (Å²) >= 11 is 0. The summed E-state index contributed by atoms with van der Waals surface area (Å²) in [6, 6.07) is 18.3. The first-order valence-electron chi connectivity index (χ1n) is 12.9. The third-order valence-corrected chi connectivity index (χ3v) is 12.9. The van der Waals surface area contributed by atoms with E-state index in [9.17, 15) is 9.59 Å². The Morgan fingerprint density at radius 3 is 1.50 bits per heavy atom. The van der Waals surface area contributed by atoms with E-state index in [1.807, 2.05) is 36.4 Å². The van der Waals surface area contributed by atoms with E-state index in [4.69, 9.17) is 9.47 Å². The zero-order valence-corrected chi connectivity index (χ0v) is 23.3. The molecule has 36 heavy (non-hydrogen) atoms. The molecule has 10 atom stereocenters. The SMILES string of the molecule is CPC12NC(PC)(C(OC(=O)c3ccccc3)C1OC(=O)c1ccccc1)C1C2C2(C)CCC1(C)C2. The molecule has 1 N–H and O–H groups in total. The fourth-order valence-electron chi connectivity index (χ4n) is 8.65. The Balaban J connectivity index is 1.46. The van der Waals surface area contributed by atoms with Crippen LogP contribution in [0, 0.1) is 22.7 Å². The number of ether oxygens (including phenoxy) is 2. The van der Waals surface area contributed by atoms with Gasteiger partial charge in [0.2, 0.25) is 0 Å². The predicted molar refractivity (Wildman–Crippen MR) is 145 cm³/mol. The molecular formula is C29H35NO4P2. The van der Waals surface area contributed by atoms with E-state index in [1.54, 1.807) is 24.3 Å². The van der Waals surface area contributed by atoms with Gasteiger partial charge in [0, 0.05) is 0 Å². The molecule has 2 aromatic carbocycles. The van der Waals surface area contributed by atoms with Crippen LogP contribution in [0.4, 0.5) is 0 Å². The Labute approximate surface area is 217 Å². The quantitative estimate of drug-likeness (QED) is 0.400. The molecule has 6 rings (SSSR count). The van der Waals surface area contributed by atoms with Crippen molar-refractivity contribution in [3.05, 3.63) is 71.8 Å². The third-order valence-electron chi connectivity index (χ3n) is 9.79. The van der Waals surface area contributed by atoms with Gasteiger partial charge < -0.3 is 9.47 Å². The summed E-state index contributed by atoms with van der Waals surface area (Å²) in [7, 11) is 1.02. The topological polar surface area (TPSA) is 64.6 Å². The van der Waals surface area contributed by atoms with Gasteiger partial charge >= 0.3 is 11.9 Å². The number of hydrogen-bond donors (Lipinski definition) is 1. The molecule has 2 heterocycles. The summed E-state index contributed by atoms with van der Waals surface area (Å²) in [6.45, 7) is 9.34. The summed E-state index contributed by atoms with van der Waals surface area (Å²) in [5, 5.41) is 3.30. The van der Waals surface area contributed by atoms with Crippen molar-refractivity contribution < 1.29 is 19.1 Å².